The van der Waals surface area contributed by atoms with Crippen LogP contribution in [-0.4, -0.2) is 15.7 Å². The normalized spacial score (nSPS) is 10.3. The van der Waals surface area contributed by atoms with Gasteiger partial charge in [-0.05, 0) is 36.8 Å². The number of amides is 1. The van der Waals surface area contributed by atoms with E-state index in [1.54, 1.807) is 43.3 Å². The van der Waals surface area contributed by atoms with Crippen molar-refractivity contribution in [2.75, 3.05) is 5.32 Å². The van der Waals surface area contributed by atoms with Gasteiger partial charge in [-0.1, -0.05) is 24.3 Å². The highest BCUT2D eigenvalue weighted by molar-refractivity contribution is 6.02. The molecule has 3 aromatic rings. The molecule has 3 rings (SSSR count). The van der Waals surface area contributed by atoms with Gasteiger partial charge in [-0.25, -0.2) is 9.07 Å². The minimum absolute atomic E-state index is 0.143. The third-order valence-corrected chi connectivity index (χ3v) is 3.90. The van der Waals surface area contributed by atoms with E-state index in [4.69, 9.17) is 5.26 Å². The molecule has 134 valence electrons. The van der Waals surface area contributed by atoms with Crippen molar-refractivity contribution in [2.45, 2.75) is 13.3 Å². The smallest absolute Gasteiger partial charge is 0.280 e. The number of nitrogens with one attached hydrogen (secondary N) is 1. The van der Waals surface area contributed by atoms with Crippen LogP contribution in [0.3, 0.4) is 0 Å². The third-order valence-electron chi connectivity index (χ3n) is 3.90. The van der Waals surface area contributed by atoms with Crippen LogP contribution in [0.1, 0.15) is 21.7 Å². The van der Waals surface area contributed by atoms with Gasteiger partial charge in [-0.3, -0.25) is 9.59 Å². The number of hydrogen-bond donors (Lipinski definition) is 1. The van der Waals surface area contributed by atoms with Gasteiger partial charge < -0.3 is 5.32 Å². The number of hydrogen-bond acceptors (Lipinski definition) is 4. The maximum Gasteiger partial charge on any atom is 0.280 e. The Labute approximate surface area is 154 Å². The Bertz CT molecular complexity index is 1100. The summed E-state index contributed by atoms with van der Waals surface area (Å²) in [5.41, 5.74) is 0.919. The molecule has 1 aromatic heterocycles. The van der Waals surface area contributed by atoms with Gasteiger partial charge in [-0.15, -0.1) is 0 Å². The molecule has 0 aliphatic heterocycles. The number of halogens is 1. The van der Waals surface area contributed by atoms with Gasteiger partial charge in [0.1, 0.15) is 11.5 Å². The molecule has 0 saturated carbocycles. The molecule has 0 aliphatic rings. The molecule has 0 aliphatic carbocycles. The molecule has 0 radical (unpaired) electrons. The lowest BCUT2D eigenvalue weighted by Gasteiger charge is -2.12. The number of aromatic nitrogens is 2. The number of nitriles is 1. The van der Waals surface area contributed by atoms with Crippen LogP contribution in [0, 0.1) is 24.1 Å². The summed E-state index contributed by atoms with van der Waals surface area (Å²) < 4.78 is 15.3. The molecule has 0 spiro atoms. The van der Waals surface area contributed by atoms with Gasteiger partial charge in [0.25, 0.3) is 5.91 Å². The number of aryl methyl sites for hydroxylation is 1. The van der Waals surface area contributed by atoms with Crippen LogP contribution >= 0.6 is 0 Å². The van der Waals surface area contributed by atoms with Gasteiger partial charge in [-0.2, -0.15) is 10.4 Å². The Morgan fingerprint density at radius 2 is 1.93 bits per heavy atom. The molecule has 1 amide bonds. The van der Waals surface area contributed by atoms with Crippen molar-refractivity contribution in [3.05, 3.63) is 87.6 Å². The van der Waals surface area contributed by atoms with E-state index in [-0.39, 0.29) is 17.8 Å². The highest BCUT2D eigenvalue weighted by atomic mass is 19.1. The summed E-state index contributed by atoms with van der Waals surface area (Å²) in [6.07, 6.45) is 0.265. The first-order valence-electron chi connectivity index (χ1n) is 8.12. The molecule has 0 fully saturated rings. The average molecular weight is 362 g/mol. The third kappa shape index (κ3) is 3.90. The fourth-order valence-corrected chi connectivity index (χ4v) is 2.56. The Balaban J connectivity index is 1.93. The van der Waals surface area contributed by atoms with Crippen molar-refractivity contribution in [3.8, 4) is 11.8 Å². The molecule has 0 unspecified atom stereocenters. The minimum Gasteiger partial charge on any atom is -0.320 e. The fourth-order valence-electron chi connectivity index (χ4n) is 2.56. The lowest BCUT2D eigenvalue weighted by Crippen LogP contribution is -2.27. The fraction of sp³-hybridized carbons (Fsp3) is 0.100. The Morgan fingerprint density at radius 3 is 2.59 bits per heavy atom. The number of benzene rings is 2. The predicted molar refractivity (Wildman–Crippen MR) is 98.2 cm³/mol. The molecule has 0 atom stereocenters. The second-order valence-electron chi connectivity index (χ2n) is 5.85. The molecule has 2 aromatic carbocycles. The van der Waals surface area contributed by atoms with Crippen LogP contribution < -0.4 is 10.7 Å². The monoisotopic (exact) mass is 362 g/mol. The maximum absolute atomic E-state index is 14.1. The number of para-hydroxylation sites is 1. The van der Waals surface area contributed by atoms with E-state index in [9.17, 15) is 14.0 Å². The second-order valence-corrected chi connectivity index (χ2v) is 5.85. The largest absolute Gasteiger partial charge is 0.320 e. The van der Waals surface area contributed by atoms with Crippen LogP contribution in [0.15, 0.2) is 59.4 Å². The van der Waals surface area contributed by atoms with E-state index in [2.05, 4.69) is 10.4 Å². The first-order valence-corrected chi connectivity index (χ1v) is 8.12. The van der Waals surface area contributed by atoms with Crippen molar-refractivity contribution in [3.63, 3.8) is 0 Å². The van der Waals surface area contributed by atoms with Gasteiger partial charge in [0.2, 0.25) is 5.43 Å². The number of anilines is 1. The zero-order valence-electron chi connectivity index (χ0n) is 14.4. The molecule has 1 heterocycles. The van der Waals surface area contributed by atoms with Crippen LogP contribution in [0.5, 0.6) is 0 Å². The summed E-state index contributed by atoms with van der Waals surface area (Å²) in [5, 5.41) is 15.3. The van der Waals surface area contributed by atoms with Crippen molar-refractivity contribution < 1.29 is 9.18 Å². The summed E-state index contributed by atoms with van der Waals surface area (Å²) >= 11 is 0. The topological polar surface area (TPSA) is 87.8 Å². The molecule has 7 heteroatoms. The number of nitrogens with zero attached hydrogens (tertiary/aromatic N) is 3. The first kappa shape index (κ1) is 18.0. The van der Waals surface area contributed by atoms with Crippen molar-refractivity contribution in [1.29, 1.82) is 5.26 Å². The summed E-state index contributed by atoms with van der Waals surface area (Å²) in [6.45, 7) is 1.61. The zero-order valence-corrected chi connectivity index (χ0v) is 14.4. The number of carbonyl (C=O) groups is 1. The average Bonchev–Trinajstić information content (AvgIpc) is 2.64. The SMILES string of the molecule is Cc1cc(=O)c(C(=O)Nc2ccc(CC#N)cc2)nn1-c1ccccc1F. The standard InChI is InChI=1S/C20H15FN4O2/c1-13-12-18(26)19(24-25(13)17-5-3-2-4-16(17)21)20(27)23-15-8-6-14(7-9-15)10-11-22/h2-9,12H,10H2,1H3,(H,23,27). The first-order chi connectivity index (χ1) is 13.0. The van der Waals surface area contributed by atoms with E-state index in [0.717, 1.165) is 5.56 Å². The highest BCUT2D eigenvalue weighted by Crippen LogP contribution is 2.14. The summed E-state index contributed by atoms with van der Waals surface area (Å²) in [7, 11) is 0. The lowest BCUT2D eigenvalue weighted by molar-refractivity contribution is 0.101. The molecular weight excluding hydrogens is 347 g/mol. The number of rotatable bonds is 4. The quantitative estimate of drug-likeness (QED) is 0.773. The van der Waals surface area contributed by atoms with E-state index < -0.39 is 17.2 Å². The maximum atomic E-state index is 14.1. The van der Waals surface area contributed by atoms with Gasteiger partial charge in [0.05, 0.1) is 12.5 Å². The molecule has 0 bridgehead atoms. The van der Waals surface area contributed by atoms with E-state index in [1.807, 2.05) is 6.07 Å². The predicted octanol–water partition coefficient (Wildman–Crippen LogP) is 3.00. The minimum atomic E-state index is -0.696. The molecule has 6 nitrogen and oxygen atoms in total. The van der Waals surface area contributed by atoms with E-state index in [0.29, 0.717) is 11.4 Å². The zero-order chi connectivity index (χ0) is 19.4. The second kappa shape index (κ2) is 7.62. The molecule has 27 heavy (non-hydrogen) atoms. The lowest BCUT2D eigenvalue weighted by atomic mass is 10.1. The molecule has 1 N–H and O–H groups in total. The highest BCUT2D eigenvalue weighted by Gasteiger charge is 2.16. The summed E-state index contributed by atoms with van der Waals surface area (Å²) in [4.78, 5) is 24.7. The van der Waals surface area contributed by atoms with Crippen molar-refractivity contribution in [2.24, 2.45) is 0 Å². The van der Waals surface area contributed by atoms with Gasteiger partial charge >= 0.3 is 0 Å². The van der Waals surface area contributed by atoms with Crippen LogP contribution in [0.2, 0.25) is 0 Å². The van der Waals surface area contributed by atoms with Crippen molar-refractivity contribution >= 4 is 11.6 Å². The molecule has 0 saturated heterocycles. The van der Waals surface area contributed by atoms with Crippen LogP contribution in [-0.2, 0) is 6.42 Å². The Hall–Kier alpha value is -3.79. The van der Waals surface area contributed by atoms with Crippen LogP contribution in [0.25, 0.3) is 5.69 Å². The summed E-state index contributed by atoms with van der Waals surface area (Å²) in [6, 6.07) is 15.9. The van der Waals surface area contributed by atoms with E-state index >= 15 is 0 Å². The Morgan fingerprint density at radius 1 is 1.22 bits per heavy atom. The van der Waals surface area contributed by atoms with Crippen molar-refractivity contribution in [1.82, 2.24) is 9.78 Å². The van der Waals surface area contributed by atoms with Gasteiger partial charge in [0, 0.05) is 17.4 Å². The Kier molecular flexibility index (Phi) is 5.08. The van der Waals surface area contributed by atoms with Gasteiger partial charge in [0.15, 0.2) is 5.69 Å². The summed E-state index contributed by atoms with van der Waals surface area (Å²) in [5.74, 6) is -1.21. The van der Waals surface area contributed by atoms with E-state index in [1.165, 1.54) is 22.9 Å². The number of carbonyl (C=O) groups excluding carboxylic acids is 1. The molecular formula is C20H15FN4O2. The van der Waals surface area contributed by atoms with Crippen LogP contribution in [0.4, 0.5) is 10.1 Å².